The van der Waals surface area contributed by atoms with Crippen molar-refractivity contribution in [3.05, 3.63) is 131 Å². The van der Waals surface area contributed by atoms with Crippen LogP contribution in [0.3, 0.4) is 0 Å². The van der Waals surface area contributed by atoms with Gasteiger partial charge in [-0.15, -0.1) is 0 Å². The molecule has 0 aliphatic rings. The maximum absolute atomic E-state index is 14.7. The summed E-state index contributed by atoms with van der Waals surface area (Å²) in [7, 11) is 0. The van der Waals surface area contributed by atoms with Crippen LogP contribution in [0.4, 0.5) is 14.5 Å². The first-order valence-corrected chi connectivity index (χ1v) is 12.5. The number of rotatable bonds is 9. The molecule has 1 atom stereocenters. The van der Waals surface area contributed by atoms with Gasteiger partial charge in [0.15, 0.2) is 0 Å². The largest absolute Gasteiger partial charge is 0.381 e. The van der Waals surface area contributed by atoms with Crippen LogP contribution in [0.2, 0.25) is 0 Å². The van der Waals surface area contributed by atoms with Gasteiger partial charge in [-0.2, -0.15) is 10.2 Å². The number of carbonyl (C=O) groups is 1. The molecule has 1 amide bonds. The summed E-state index contributed by atoms with van der Waals surface area (Å²) in [5.74, 6) is -2.10. The Bertz CT molecular complexity index is 1740. The van der Waals surface area contributed by atoms with Crippen molar-refractivity contribution in [2.75, 3.05) is 5.32 Å². The summed E-state index contributed by atoms with van der Waals surface area (Å²) in [6.45, 7) is 1.25. The van der Waals surface area contributed by atoms with Gasteiger partial charge < -0.3 is 10.4 Å². The molecule has 0 spiro atoms. The fraction of sp³-hybridized carbons (Fsp3) is 0.138. The lowest BCUT2D eigenvalue weighted by Gasteiger charge is -2.28. The minimum Gasteiger partial charge on any atom is -0.381 e. The molecule has 41 heavy (non-hydrogen) atoms. The molecule has 208 valence electrons. The average molecular weight is 558 g/mol. The number of benzene rings is 3. The Labute approximate surface area is 232 Å². The standard InChI is InChI=1S/C29H25F2N7O3/c1-20-2-4-21(5-3-20)6-13-27(39)35-23-8-10-24(11-9-23)37-19-34-38(28(37)40)16-29(41,15-36-18-32-17-33-36)25-12-7-22(30)14-26(25)31/h2-14,17-19,41H,15-16H2,1H3,(H,35,39)/b13-6+. The van der Waals surface area contributed by atoms with Crippen LogP contribution in [0.25, 0.3) is 11.8 Å². The highest BCUT2D eigenvalue weighted by Crippen LogP contribution is 2.28. The minimum atomic E-state index is -2.02. The molecule has 0 aliphatic heterocycles. The number of carbonyl (C=O) groups excluding carboxylic acids is 1. The molecule has 2 N–H and O–H groups in total. The summed E-state index contributed by atoms with van der Waals surface area (Å²) in [5.41, 5.74) is 0.126. The molecule has 1 unspecified atom stereocenters. The van der Waals surface area contributed by atoms with Crippen LogP contribution < -0.4 is 11.0 Å². The maximum Gasteiger partial charge on any atom is 0.350 e. The van der Waals surface area contributed by atoms with E-state index in [-0.39, 0.29) is 18.0 Å². The van der Waals surface area contributed by atoms with Crippen molar-refractivity contribution in [3.8, 4) is 5.69 Å². The van der Waals surface area contributed by atoms with Gasteiger partial charge in [0.1, 0.15) is 36.2 Å². The molecule has 0 fully saturated rings. The number of aromatic nitrogens is 6. The van der Waals surface area contributed by atoms with Gasteiger partial charge in [-0.3, -0.25) is 4.79 Å². The summed E-state index contributed by atoms with van der Waals surface area (Å²) < 4.78 is 31.8. The van der Waals surface area contributed by atoms with E-state index in [1.165, 1.54) is 34.3 Å². The van der Waals surface area contributed by atoms with Crippen molar-refractivity contribution < 1.29 is 18.7 Å². The Kier molecular flexibility index (Phi) is 7.66. The molecule has 12 heteroatoms. The van der Waals surface area contributed by atoms with Gasteiger partial charge in [-0.1, -0.05) is 35.9 Å². The van der Waals surface area contributed by atoms with Gasteiger partial charge in [-0.05, 0) is 48.9 Å². The van der Waals surface area contributed by atoms with Crippen LogP contribution >= 0.6 is 0 Å². The molecule has 2 heterocycles. The molecule has 3 aromatic carbocycles. The zero-order valence-corrected chi connectivity index (χ0v) is 21.9. The van der Waals surface area contributed by atoms with Gasteiger partial charge in [0.05, 0.1) is 18.8 Å². The predicted octanol–water partition coefficient (Wildman–Crippen LogP) is 3.45. The van der Waals surface area contributed by atoms with Crippen molar-refractivity contribution in [2.45, 2.75) is 25.6 Å². The third-order valence-electron chi connectivity index (χ3n) is 6.38. The lowest BCUT2D eigenvalue weighted by Crippen LogP contribution is -2.41. The van der Waals surface area contributed by atoms with Crippen LogP contribution in [0, 0.1) is 18.6 Å². The summed E-state index contributed by atoms with van der Waals surface area (Å²) in [6.07, 6.45) is 6.97. The van der Waals surface area contributed by atoms with E-state index in [2.05, 4.69) is 20.5 Å². The van der Waals surface area contributed by atoms with E-state index in [0.29, 0.717) is 17.4 Å². The quantitative estimate of drug-likeness (QED) is 0.268. The number of hydrogen-bond acceptors (Lipinski definition) is 6. The highest BCUT2D eigenvalue weighted by molar-refractivity contribution is 6.01. The first-order valence-electron chi connectivity index (χ1n) is 12.5. The van der Waals surface area contributed by atoms with E-state index in [1.807, 2.05) is 31.2 Å². The second-order valence-corrected chi connectivity index (χ2v) is 9.47. The van der Waals surface area contributed by atoms with Crippen molar-refractivity contribution in [3.63, 3.8) is 0 Å². The summed E-state index contributed by atoms with van der Waals surface area (Å²) in [6, 6.07) is 17.0. The van der Waals surface area contributed by atoms with Crippen molar-refractivity contribution in [2.24, 2.45) is 0 Å². The van der Waals surface area contributed by atoms with E-state index < -0.39 is 29.5 Å². The minimum absolute atomic E-state index is 0.229. The van der Waals surface area contributed by atoms with E-state index in [4.69, 9.17) is 0 Å². The number of anilines is 1. The normalized spacial score (nSPS) is 12.9. The maximum atomic E-state index is 14.7. The Balaban J connectivity index is 1.33. The average Bonchev–Trinajstić information content (AvgIpc) is 3.58. The molecular formula is C29H25F2N7O3. The Morgan fingerprint density at radius 3 is 2.44 bits per heavy atom. The first-order chi connectivity index (χ1) is 19.7. The van der Waals surface area contributed by atoms with Gasteiger partial charge >= 0.3 is 5.69 Å². The monoisotopic (exact) mass is 557 g/mol. The van der Waals surface area contributed by atoms with Gasteiger partial charge in [0.2, 0.25) is 5.91 Å². The Morgan fingerprint density at radius 2 is 1.76 bits per heavy atom. The molecule has 10 nitrogen and oxygen atoms in total. The van der Waals surface area contributed by atoms with Crippen LogP contribution in [0.1, 0.15) is 16.7 Å². The van der Waals surface area contributed by atoms with Crippen LogP contribution in [-0.2, 0) is 23.5 Å². The third kappa shape index (κ3) is 6.34. The van der Waals surface area contributed by atoms with Gasteiger partial charge in [0.25, 0.3) is 0 Å². The van der Waals surface area contributed by atoms with Crippen molar-refractivity contribution in [1.29, 1.82) is 0 Å². The molecule has 0 saturated carbocycles. The van der Waals surface area contributed by atoms with E-state index >= 15 is 0 Å². The SMILES string of the molecule is Cc1ccc(/C=C/C(=O)Nc2ccc(-n3cnn(CC(O)(Cn4cncn4)c4ccc(F)cc4F)c3=O)cc2)cc1. The van der Waals surface area contributed by atoms with Gasteiger partial charge in [-0.25, -0.2) is 32.5 Å². The number of aliphatic hydroxyl groups is 1. The molecular weight excluding hydrogens is 532 g/mol. The lowest BCUT2D eigenvalue weighted by molar-refractivity contribution is -0.111. The van der Waals surface area contributed by atoms with Gasteiger partial charge in [0, 0.05) is 23.4 Å². The van der Waals surface area contributed by atoms with Crippen LogP contribution in [0.15, 0.2) is 96.6 Å². The van der Waals surface area contributed by atoms with E-state index in [0.717, 1.165) is 27.9 Å². The highest BCUT2D eigenvalue weighted by atomic mass is 19.1. The highest BCUT2D eigenvalue weighted by Gasteiger charge is 2.35. The Hall–Kier alpha value is -5.23. The predicted molar refractivity (Wildman–Crippen MR) is 147 cm³/mol. The molecule has 0 bridgehead atoms. The molecule has 0 aliphatic carbocycles. The summed E-state index contributed by atoms with van der Waals surface area (Å²) in [5, 5.41) is 22.3. The molecule has 5 rings (SSSR count). The third-order valence-corrected chi connectivity index (χ3v) is 6.38. The Morgan fingerprint density at radius 1 is 1.00 bits per heavy atom. The number of amides is 1. The summed E-state index contributed by atoms with van der Waals surface area (Å²) in [4.78, 5) is 29.4. The zero-order chi connectivity index (χ0) is 29.0. The van der Waals surface area contributed by atoms with E-state index in [9.17, 15) is 23.5 Å². The van der Waals surface area contributed by atoms with Crippen LogP contribution in [-0.4, -0.2) is 40.1 Å². The molecule has 5 aromatic rings. The summed E-state index contributed by atoms with van der Waals surface area (Å²) >= 11 is 0. The molecule has 2 aromatic heterocycles. The second-order valence-electron chi connectivity index (χ2n) is 9.47. The first kappa shape index (κ1) is 27.3. The van der Waals surface area contributed by atoms with Crippen molar-refractivity contribution in [1.82, 2.24) is 29.1 Å². The van der Waals surface area contributed by atoms with Crippen LogP contribution in [0.5, 0.6) is 0 Å². The van der Waals surface area contributed by atoms with Crippen molar-refractivity contribution >= 4 is 17.7 Å². The number of halogens is 2. The number of hydrogen-bond donors (Lipinski definition) is 2. The fourth-order valence-electron chi connectivity index (χ4n) is 4.28. The fourth-order valence-corrected chi connectivity index (χ4v) is 4.28. The number of nitrogens with zero attached hydrogens (tertiary/aromatic N) is 6. The second kappa shape index (κ2) is 11.5. The molecule has 0 saturated heterocycles. The van der Waals surface area contributed by atoms with E-state index in [1.54, 1.807) is 30.3 Å². The molecule has 0 radical (unpaired) electrons. The topological polar surface area (TPSA) is 120 Å². The number of aryl methyl sites for hydroxylation is 1. The number of nitrogens with one attached hydrogen (secondary N) is 1. The lowest BCUT2D eigenvalue weighted by atomic mass is 9.93. The zero-order valence-electron chi connectivity index (χ0n) is 21.9. The smallest absolute Gasteiger partial charge is 0.350 e.